The summed E-state index contributed by atoms with van der Waals surface area (Å²) in [7, 11) is 0. The van der Waals surface area contributed by atoms with Crippen LogP contribution in [0.1, 0.15) is 32.1 Å². The van der Waals surface area contributed by atoms with Gasteiger partial charge in [-0.1, -0.05) is 36.0 Å². The summed E-state index contributed by atoms with van der Waals surface area (Å²) in [5.74, 6) is -0.360. The first-order valence-electron chi connectivity index (χ1n) is 7.84. The smallest absolute Gasteiger partial charge is 0.237 e. The zero-order valence-corrected chi connectivity index (χ0v) is 14.1. The molecule has 1 aliphatic heterocycles. The second kappa shape index (κ2) is 7.07. The maximum atomic E-state index is 12.2. The second-order valence-electron chi connectivity index (χ2n) is 6.10. The van der Waals surface area contributed by atoms with E-state index in [9.17, 15) is 9.59 Å². The summed E-state index contributed by atoms with van der Waals surface area (Å²) in [4.78, 5) is 24.4. The maximum Gasteiger partial charge on any atom is 0.237 e. The fourth-order valence-corrected chi connectivity index (χ4v) is 3.71. The first kappa shape index (κ1) is 16.6. The Morgan fingerprint density at radius 2 is 1.96 bits per heavy atom. The third-order valence-electron chi connectivity index (χ3n) is 4.42. The number of fused-ring (bicyclic) bond motifs is 1. The first-order valence-corrected chi connectivity index (χ1v) is 8.60. The second-order valence-corrected chi connectivity index (χ2v) is 6.95. The molecule has 0 unspecified atom stereocenters. The Labute approximate surface area is 145 Å². The van der Waals surface area contributed by atoms with Crippen molar-refractivity contribution < 1.29 is 9.59 Å². The van der Waals surface area contributed by atoms with Gasteiger partial charge in [-0.3, -0.25) is 9.59 Å². The Bertz CT molecular complexity index is 623. The number of carbonyl (C=O) groups is 2. The van der Waals surface area contributed by atoms with Crippen LogP contribution in [0.25, 0.3) is 0 Å². The Kier molecular flexibility index (Phi) is 5.09. The number of hydrogen-bond donors (Lipinski definition) is 3. The predicted molar refractivity (Wildman–Crippen MR) is 90.8 cm³/mol. The molecule has 0 bridgehead atoms. The van der Waals surface area contributed by atoms with E-state index in [0.29, 0.717) is 15.7 Å². The molecule has 1 aromatic rings. The highest BCUT2D eigenvalue weighted by Gasteiger charge is 2.36. The summed E-state index contributed by atoms with van der Waals surface area (Å²) in [6.45, 7) is 0. The molecular weight excluding hydrogens is 337 g/mol. The van der Waals surface area contributed by atoms with E-state index < -0.39 is 6.04 Å². The summed E-state index contributed by atoms with van der Waals surface area (Å²) >= 11 is 11.9. The highest BCUT2D eigenvalue weighted by atomic mass is 35.5. The van der Waals surface area contributed by atoms with Gasteiger partial charge in [-0.15, -0.1) is 0 Å². The van der Waals surface area contributed by atoms with Crippen LogP contribution in [-0.2, 0) is 9.59 Å². The molecule has 124 valence electrons. The average molecular weight is 356 g/mol. The van der Waals surface area contributed by atoms with E-state index >= 15 is 0 Å². The molecular formula is C16H19Cl2N3O2. The van der Waals surface area contributed by atoms with E-state index in [2.05, 4.69) is 16.0 Å². The number of hydrogen-bond acceptors (Lipinski definition) is 3. The van der Waals surface area contributed by atoms with Crippen molar-refractivity contribution in [2.75, 3.05) is 5.32 Å². The molecule has 3 atom stereocenters. The normalized spacial score (nSPS) is 27.0. The number of anilines is 1. The third kappa shape index (κ3) is 3.97. The van der Waals surface area contributed by atoms with Gasteiger partial charge in [-0.05, 0) is 31.0 Å². The lowest BCUT2D eigenvalue weighted by molar-refractivity contribution is -0.129. The molecule has 5 nitrogen and oxygen atoms in total. The molecule has 2 fully saturated rings. The molecule has 3 N–H and O–H groups in total. The standard InChI is InChI=1S/C16H19Cl2N3O2/c17-9-5-6-11(10(18)7-9)20-15(22)8-14-16(23)21-13-4-2-1-3-12(13)19-14/h5-7,12-14,19H,1-4,8H2,(H,20,22)(H,21,23)/t12-,13+,14+/m1/s1. The summed E-state index contributed by atoms with van der Waals surface area (Å²) in [5.41, 5.74) is 0.493. The van der Waals surface area contributed by atoms with Gasteiger partial charge in [0.1, 0.15) is 0 Å². The van der Waals surface area contributed by atoms with E-state index in [1.807, 2.05) is 0 Å². The van der Waals surface area contributed by atoms with Crippen molar-refractivity contribution in [2.45, 2.75) is 50.2 Å². The van der Waals surface area contributed by atoms with Crippen molar-refractivity contribution in [2.24, 2.45) is 0 Å². The molecule has 0 aromatic heterocycles. The van der Waals surface area contributed by atoms with Crippen LogP contribution in [0.4, 0.5) is 5.69 Å². The number of amides is 2. The van der Waals surface area contributed by atoms with Crippen molar-refractivity contribution >= 4 is 40.7 Å². The van der Waals surface area contributed by atoms with Gasteiger partial charge in [-0.2, -0.15) is 0 Å². The van der Waals surface area contributed by atoms with Crippen molar-refractivity contribution in [1.29, 1.82) is 0 Å². The van der Waals surface area contributed by atoms with Gasteiger partial charge in [0.15, 0.2) is 0 Å². The summed E-state index contributed by atoms with van der Waals surface area (Å²) < 4.78 is 0. The van der Waals surface area contributed by atoms with E-state index in [1.165, 1.54) is 0 Å². The van der Waals surface area contributed by atoms with Gasteiger partial charge in [0.25, 0.3) is 0 Å². The predicted octanol–water partition coefficient (Wildman–Crippen LogP) is 2.72. The van der Waals surface area contributed by atoms with Crippen molar-refractivity contribution in [3.05, 3.63) is 28.2 Å². The average Bonchev–Trinajstić information content (AvgIpc) is 2.51. The molecule has 1 saturated heterocycles. The van der Waals surface area contributed by atoms with Crippen LogP contribution in [0.3, 0.4) is 0 Å². The molecule has 1 heterocycles. The Morgan fingerprint density at radius 1 is 1.22 bits per heavy atom. The van der Waals surface area contributed by atoms with Crippen LogP contribution in [0.15, 0.2) is 18.2 Å². The first-order chi connectivity index (χ1) is 11.0. The van der Waals surface area contributed by atoms with Gasteiger partial charge in [-0.25, -0.2) is 0 Å². The molecule has 7 heteroatoms. The van der Waals surface area contributed by atoms with Crippen molar-refractivity contribution in [3.8, 4) is 0 Å². The largest absolute Gasteiger partial charge is 0.350 e. The Balaban J connectivity index is 1.59. The fourth-order valence-electron chi connectivity index (χ4n) is 3.25. The van der Waals surface area contributed by atoms with Crippen LogP contribution < -0.4 is 16.0 Å². The summed E-state index contributed by atoms with van der Waals surface area (Å²) in [5, 5.41) is 9.96. The monoisotopic (exact) mass is 355 g/mol. The van der Waals surface area contributed by atoms with E-state index in [0.717, 1.165) is 25.7 Å². The third-order valence-corrected chi connectivity index (χ3v) is 4.97. The fraction of sp³-hybridized carbons (Fsp3) is 0.500. The van der Waals surface area contributed by atoms with Gasteiger partial charge < -0.3 is 16.0 Å². The Hall–Kier alpha value is -1.30. The zero-order chi connectivity index (χ0) is 16.4. The van der Waals surface area contributed by atoms with Gasteiger partial charge >= 0.3 is 0 Å². The highest BCUT2D eigenvalue weighted by molar-refractivity contribution is 6.36. The lowest BCUT2D eigenvalue weighted by Gasteiger charge is -2.40. The van der Waals surface area contributed by atoms with Crippen molar-refractivity contribution in [1.82, 2.24) is 10.6 Å². The zero-order valence-electron chi connectivity index (χ0n) is 12.6. The minimum atomic E-state index is -0.500. The van der Waals surface area contributed by atoms with Crippen molar-refractivity contribution in [3.63, 3.8) is 0 Å². The summed E-state index contributed by atoms with van der Waals surface area (Å²) in [6, 6.07) is 4.83. The van der Waals surface area contributed by atoms with Crippen LogP contribution in [-0.4, -0.2) is 29.9 Å². The number of rotatable bonds is 3. The molecule has 1 aliphatic carbocycles. The molecule has 2 aliphatic rings. The minimum Gasteiger partial charge on any atom is -0.350 e. The topological polar surface area (TPSA) is 70.2 Å². The van der Waals surface area contributed by atoms with Crippen LogP contribution >= 0.6 is 23.2 Å². The number of carbonyl (C=O) groups excluding carboxylic acids is 2. The minimum absolute atomic E-state index is 0.0774. The van der Waals surface area contributed by atoms with E-state index in [4.69, 9.17) is 23.2 Å². The molecule has 3 rings (SSSR count). The van der Waals surface area contributed by atoms with Gasteiger partial charge in [0, 0.05) is 17.1 Å². The molecule has 2 amide bonds. The molecule has 0 spiro atoms. The Morgan fingerprint density at radius 3 is 2.70 bits per heavy atom. The van der Waals surface area contributed by atoms with Crippen LogP contribution in [0.2, 0.25) is 10.0 Å². The lowest BCUT2D eigenvalue weighted by atomic mass is 9.87. The highest BCUT2D eigenvalue weighted by Crippen LogP contribution is 2.26. The summed E-state index contributed by atoms with van der Waals surface area (Å²) in [6.07, 6.45) is 4.41. The molecule has 0 radical (unpaired) electrons. The molecule has 1 aromatic carbocycles. The van der Waals surface area contributed by atoms with E-state index in [1.54, 1.807) is 18.2 Å². The van der Waals surface area contributed by atoms with Gasteiger partial charge in [0.2, 0.25) is 11.8 Å². The van der Waals surface area contributed by atoms with Crippen LogP contribution in [0.5, 0.6) is 0 Å². The SMILES string of the molecule is O=C(C[C@@H]1N[C@@H]2CCCC[C@@H]2NC1=O)Nc1ccc(Cl)cc1Cl. The molecule has 1 saturated carbocycles. The lowest BCUT2D eigenvalue weighted by Crippen LogP contribution is -2.65. The quantitative estimate of drug-likeness (QED) is 0.780. The number of benzene rings is 1. The maximum absolute atomic E-state index is 12.2. The number of halogens is 2. The van der Waals surface area contributed by atoms with E-state index in [-0.39, 0.29) is 30.3 Å². The van der Waals surface area contributed by atoms with Crippen LogP contribution in [0, 0.1) is 0 Å². The number of nitrogens with one attached hydrogen (secondary N) is 3. The number of piperazine rings is 1. The molecule has 23 heavy (non-hydrogen) atoms. The van der Waals surface area contributed by atoms with Gasteiger partial charge in [0.05, 0.1) is 23.2 Å².